The lowest BCUT2D eigenvalue weighted by Crippen LogP contribution is -2.25. The van der Waals surface area contributed by atoms with Gasteiger partial charge in [0.05, 0.1) is 11.4 Å². The zero-order chi connectivity index (χ0) is 17.1. The predicted octanol–water partition coefficient (Wildman–Crippen LogP) is 2.69. The number of benzene rings is 1. The van der Waals surface area contributed by atoms with E-state index in [2.05, 4.69) is 15.6 Å². The molecule has 0 atom stereocenters. The Bertz CT molecular complexity index is 915. The van der Waals surface area contributed by atoms with Gasteiger partial charge in [-0.25, -0.2) is 9.67 Å². The van der Waals surface area contributed by atoms with Crippen LogP contribution in [0.4, 0.5) is 11.5 Å². The normalized spacial score (nSPS) is 10.4. The second-order valence-electron chi connectivity index (χ2n) is 5.23. The van der Waals surface area contributed by atoms with Gasteiger partial charge in [0.1, 0.15) is 11.5 Å². The highest BCUT2D eigenvalue weighted by Crippen LogP contribution is 2.14. The largest absolute Gasteiger partial charge is 0.326 e. The van der Waals surface area contributed by atoms with Gasteiger partial charge in [0.15, 0.2) is 5.11 Å². The molecule has 122 valence electrons. The summed E-state index contributed by atoms with van der Waals surface area (Å²) in [5.74, 6) is 0.618. The van der Waals surface area contributed by atoms with E-state index in [1.54, 1.807) is 21.6 Å². The van der Waals surface area contributed by atoms with Crippen LogP contribution in [-0.4, -0.2) is 19.5 Å². The van der Waals surface area contributed by atoms with Crippen LogP contribution in [0.3, 0.4) is 0 Å². The van der Waals surface area contributed by atoms with E-state index in [4.69, 9.17) is 12.2 Å². The van der Waals surface area contributed by atoms with Crippen molar-refractivity contribution in [3.05, 3.63) is 70.8 Å². The van der Waals surface area contributed by atoms with Crippen molar-refractivity contribution in [2.75, 3.05) is 10.6 Å². The molecule has 0 saturated carbocycles. The molecule has 0 unspecified atom stereocenters. The standard InChI is InChI=1S/C17H17N5OS/c1-12-15(20-17(24)19-14-10-6-7-11-18-14)16(23)22(21(12)2)13-8-4-3-5-9-13/h3-11H,1-2H3,(H2,18,19,20,24). The predicted molar refractivity (Wildman–Crippen MR) is 99.8 cm³/mol. The summed E-state index contributed by atoms with van der Waals surface area (Å²) < 4.78 is 3.39. The molecule has 6 nitrogen and oxygen atoms in total. The zero-order valence-corrected chi connectivity index (χ0v) is 14.2. The van der Waals surface area contributed by atoms with Crippen LogP contribution in [0.25, 0.3) is 5.69 Å². The molecule has 0 amide bonds. The third-order valence-electron chi connectivity index (χ3n) is 3.70. The van der Waals surface area contributed by atoms with Crippen molar-refractivity contribution in [3.63, 3.8) is 0 Å². The van der Waals surface area contributed by atoms with Crippen LogP contribution in [0.2, 0.25) is 0 Å². The molecule has 0 spiro atoms. The van der Waals surface area contributed by atoms with Crippen LogP contribution in [0.1, 0.15) is 5.69 Å². The topological polar surface area (TPSA) is 63.9 Å². The molecular formula is C17H17N5OS. The quantitative estimate of drug-likeness (QED) is 0.718. The fourth-order valence-corrected chi connectivity index (χ4v) is 2.62. The fourth-order valence-electron chi connectivity index (χ4n) is 2.41. The summed E-state index contributed by atoms with van der Waals surface area (Å²) in [5, 5.41) is 6.27. The van der Waals surface area contributed by atoms with Gasteiger partial charge in [-0.2, -0.15) is 0 Å². The van der Waals surface area contributed by atoms with Crippen LogP contribution >= 0.6 is 12.2 Å². The molecule has 0 aliphatic rings. The molecule has 2 heterocycles. The zero-order valence-electron chi connectivity index (χ0n) is 13.4. The molecule has 3 rings (SSSR count). The van der Waals surface area contributed by atoms with Crippen LogP contribution in [0.15, 0.2) is 59.5 Å². The number of pyridine rings is 1. The van der Waals surface area contributed by atoms with Crippen molar-refractivity contribution in [2.45, 2.75) is 6.92 Å². The Morgan fingerprint density at radius 2 is 1.79 bits per heavy atom. The van der Waals surface area contributed by atoms with Gasteiger partial charge in [-0.1, -0.05) is 24.3 Å². The first-order chi connectivity index (χ1) is 11.6. The van der Waals surface area contributed by atoms with Crippen molar-refractivity contribution < 1.29 is 0 Å². The maximum atomic E-state index is 12.8. The molecule has 24 heavy (non-hydrogen) atoms. The van der Waals surface area contributed by atoms with Gasteiger partial charge in [0.2, 0.25) is 0 Å². The van der Waals surface area contributed by atoms with E-state index in [1.807, 2.05) is 56.4 Å². The molecule has 0 saturated heterocycles. The van der Waals surface area contributed by atoms with Crippen LogP contribution in [0.5, 0.6) is 0 Å². The SMILES string of the molecule is Cc1c(NC(=S)Nc2ccccn2)c(=O)n(-c2ccccc2)n1C. The van der Waals surface area contributed by atoms with E-state index in [0.717, 1.165) is 11.4 Å². The van der Waals surface area contributed by atoms with E-state index in [9.17, 15) is 4.79 Å². The molecule has 1 aromatic carbocycles. The minimum Gasteiger partial charge on any atom is -0.326 e. The van der Waals surface area contributed by atoms with E-state index < -0.39 is 0 Å². The highest BCUT2D eigenvalue weighted by molar-refractivity contribution is 7.80. The Kier molecular flexibility index (Phi) is 4.43. The lowest BCUT2D eigenvalue weighted by Gasteiger charge is -2.08. The molecule has 0 bridgehead atoms. The van der Waals surface area contributed by atoms with E-state index in [1.165, 1.54) is 0 Å². The highest BCUT2D eigenvalue weighted by Gasteiger charge is 2.16. The van der Waals surface area contributed by atoms with Crippen molar-refractivity contribution in [1.29, 1.82) is 0 Å². The van der Waals surface area contributed by atoms with E-state index in [0.29, 0.717) is 16.6 Å². The smallest absolute Gasteiger partial charge is 0.295 e. The summed E-state index contributed by atoms with van der Waals surface area (Å²) in [7, 11) is 1.84. The molecule has 0 fully saturated rings. The molecule has 2 aromatic heterocycles. The number of anilines is 2. The minimum atomic E-state index is -0.161. The van der Waals surface area contributed by atoms with Crippen LogP contribution in [0, 0.1) is 6.92 Å². The summed E-state index contributed by atoms with van der Waals surface area (Å²) in [5.41, 5.74) is 1.86. The number of aromatic nitrogens is 3. The maximum absolute atomic E-state index is 12.8. The number of para-hydroxylation sites is 1. The second-order valence-corrected chi connectivity index (χ2v) is 5.64. The van der Waals surface area contributed by atoms with E-state index >= 15 is 0 Å². The first-order valence-corrected chi connectivity index (χ1v) is 7.82. The number of thiocarbonyl (C=S) groups is 1. The second kappa shape index (κ2) is 6.67. The van der Waals surface area contributed by atoms with Gasteiger partial charge in [-0.3, -0.25) is 9.48 Å². The molecule has 0 radical (unpaired) electrons. The van der Waals surface area contributed by atoms with Gasteiger partial charge < -0.3 is 10.6 Å². The highest BCUT2D eigenvalue weighted by atomic mass is 32.1. The summed E-state index contributed by atoms with van der Waals surface area (Å²) in [6.45, 7) is 1.87. The summed E-state index contributed by atoms with van der Waals surface area (Å²) in [6.07, 6.45) is 1.67. The lowest BCUT2D eigenvalue weighted by atomic mass is 10.3. The Labute approximate surface area is 144 Å². The van der Waals surface area contributed by atoms with Crippen LogP contribution < -0.4 is 16.2 Å². The number of rotatable bonds is 3. The van der Waals surface area contributed by atoms with Crippen molar-refractivity contribution in [3.8, 4) is 5.69 Å². The monoisotopic (exact) mass is 339 g/mol. The molecule has 7 heteroatoms. The Hall–Kier alpha value is -2.93. The van der Waals surface area contributed by atoms with Crippen molar-refractivity contribution in [2.24, 2.45) is 7.05 Å². The van der Waals surface area contributed by atoms with Crippen molar-refractivity contribution in [1.82, 2.24) is 14.3 Å². The third-order valence-corrected chi connectivity index (χ3v) is 3.90. The first-order valence-electron chi connectivity index (χ1n) is 7.41. The molecule has 0 aliphatic heterocycles. The van der Waals surface area contributed by atoms with Gasteiger partial charge in [-0.05, 0) is 43.4 Å². The Morgan fingerprint density at radius 3 is 2.46 bits per heavy atom. The lowest BCUT2D eigenvalue weighted by molar-refractivity contribution is 0.630. The average Bonchev–Trinajstić information content (AvgIpc) is 2.80. The first kappa shape index (κ1) is 15.9. The van der Waals surface area contributed by atoms with E-state index in [-0.39, 0.29) is 5.56 Å². The number of nitrogens with one attached hydrogen (secondary N) is 2. The Morgan fingerprint density at radius 1 is 1.08 bits per heavy atom. The number of hydrogen-bond donors (Lipinski definition) is 2. The minimum absolute atomic E-state index is 0.161. The third kappa shape index (κ3) is 3.07. The summed E-state index contributed by atoms with van der Waals surface area (Å²) >= 11 is 5.29. The number of nitrogens with zero attached hydrogens (tertiary/aromatic N) is 3. The van der Waals surface area contributed by atoms with Crippen LogP contribution in [-0.2, 0) is 7.05 Å². The number of hydrogen-bond acceptors (Lipinski definition) is 3. The fraction of sp³-hybridized carbons (Fsp3) is 0.118. The molecule has 3 aromatic rings. The van der Waals surface area contributed by atoms with Crippen molar-refractivity contribution >= 4 is 28.8 Å². The van der Waals surface area contributed by atoms with Gasteiger partial charge in [0.25, 0.3) is 5.56 Å². The average molecular weight is 339 g/mol. The van der Waals surface area contributed by atoms with Gasteiger partial charge in [0, 0.05) is 13.2 Å². The maximum Gasteiger partial charge on any atom is 0.295 e. The summed E-state index contributed by atoms with van der Waals surface area (Å²) in [6, 6.07) is 14.9. The van der Waals surface area contributed by atoms with Gasteiger partial charge in [-0.15, -0.1) is 0 Å². The molecular weight excluding hydrogens is 322 g/mol. The Balaban J connectivity index is 1.90. The summed E-state index contributed by atoms with van der Waals surface area (Å²) in [4.78, 5) is 16.9. The van der Waals surface area contributed by atoms with Gasteiger partial charge >= 0.3 is 0 Å². The molecule has 2 N–H and O–H groups in total. The molecule has 0 aliphatic carbocycles.